The Bertz CT molecular complexity index is 345. The van der Waals surface area contributed by atoms with Gasteiger partial charge in [-0.15, -0.1) is 0 Å². The molecule has 0 fully saturated rings. The van der Waals surface area contributed by atoms with Crippen LogP contribution < -0.4 is 0 Å². The van der Waals surface area contributed by atoms with E-state index in [0.717, 1.165) is 12.1 Å². The molecule has 0 saturated heterocycles. The minimum absolute atomic E-state index is 0.0460. The minimum Gasteiger partial charge on any atom is -0.390 e. The van der Waals surface area contributed by atoms with Gasteiger partial charge in [-0.25, -0.2) is 8.78 Å². The first-order valence-corrected chi connectivity index (χ1v) is 4.65. The van der Waals surface area contributed by atoms with Gasteiger partial charge in [0.25, 0.3) is 0 Å². The molecule has 0 bridgehead atoms. The zero-order valence-corrected chi connectivity index (χ0v) is 8.67. The second-order valence-electron chi connectivity index (χ2n) is 4.11. The van der Waals surface area contributed by atoms with Crippen LogP contribution in [0.3, 0.4) is 0 Å². The van der Waals surface area contributed by atoms with Gasteiger partial charge in [0.15, 0.2) is 0 Å². The second kappa shape index (κ2) is 4.24. The van der Waals surface area contributed by atoms with E-state index in [4.69, 9.17) is 0 Å². The lowest BCUT2D eigenvalue weighted by atomic mass is 9.95. The molecule has 0 saturated carbocycles. The zero-order chi connectivity index (χ0) is 11.6. The van der Waals surface area contributed by atoms with Gasteiger partial charge in [-0.1, -0.05) is 6.07 Å². The van der Waals surface area contributed by atoms with E-state index in [9.17, 15) is 19.0 Å². The molecule has 84 valence electrons. The third kappa shape index (κ3) is 3.25. The SMILES string of the molecule is CC(C)(O)C(O)Cc1ccc(F)cc1F. The molecule has 1 unspecified atom stereocenters. The van der Waals surface area contributed by atoms with E-state index in [1.54, 1.807) is 0 Å². The van der Waals surface area contributed by atoms with Crippen molar-refractivity contribution >= 4 is 0 Å². The molecule has 1 aromatic rings. The van der Waals surface area contributed by atoms with Crippen LogP contribution in [0.5, 0.6) is 0 Å². The molecule has 0 aliphatic carbocycles. The Balaban J connectivity index is 2.82. The van der Waals surface area contributed by atoms with Crippen molar-refractivity contribution in [3.8, 4) is 0 Å². The average molecular weight is 216 g/mol. The summed E-state index contributed by atoms with van der Waals surface area (Å²) in [5.41, 5.74) is -1.12. The summed E-state index contributed by atoms with van der Waals surface area (Å²) in [5.74, 6) is -1.37. The molecule has 4 heteroatoms. The molecule has 1 atom stereocenters. The maximum Gasteiger partial charge on any atom is 0.129 e. The largest absolute Gasteiger partial charge is 0.390 e. The van der Waals surface area contributed by atoms with E-state index in [-0.39, 0.29) is 12.0 Å². The summed E-state index contributed by atoms with van der Waals surface area (Å²) in [4.78, 5) is 0. The Morgan fingerprint density at radius 3 is 2.40 bits per heavy atom. The molecule has 2 N–H and O–H groups in total. The van der Waals surface area contributed by atoms with E-state index in [1.807, 2.05) is 0 Å². The van der Waals surface area contributed by atoms with Gasteiger partial charge in [0.2, 0.25) is 0 Å². The Morgan fingerprint density at radius 2 is 1.93 bits per heavy atom. The second-order valence-corrected chi connectivity index (χ2v) is 4.11. The average Bonchev–Trinajstić information content (AvgIpc) is 2.08. The standard InChI is InChI=1S/C11H14F2O2/c1-11(2,15)10(14)5-7-3-4-8(12)6-9(7)13/h3-4,6,10,14-15H,5H2,1-2H3. The van der Waals surface area contributed by atoms with Crippen molar-refractivity contribution in [3.05, 3.63) is 35.4 Å². The van der Waals surface area contributed by atoms with E-state index in [0.29, 0.717) is 0 Å². The number of rotatable bonds is 3. The normalized spacial score (nSPS) is 14.0. The summed E-state index contributed by atoms with van der Waals surface area (Å²) < 4.78 is 25.7. The van der Waals surface area contributed by atoms with Gasteiger partial charge in [0, 0.05) is 12.5 Å². The molecule has 1 aromatic carbocycles. The first-order valence-electron chi connectivity index (χ1n) is 4.65. The van der Waals surface area contributed by atoms with Crippen molar-refractivity contribution in [2.24, 2.45) is 0 Å². The van der Waals surface area contributed by atoms with Gasteiger partial charge in [0.05, 0.1) is 11.7 Å². The molecule has 0 heterocycles. The van der Waals surface area contributed by atoms with Crippen LogP contribution in [-0.2, 0) is 6.42 Å². The third-order valence-electron chi connectivity index (χ3n) is 2.24. The van der Waals surface area contributed by atoms with Crippen molar-refractivity contribution in [1.82, 2.24) is 0 Å². The van der Waals surface area contributed by atoms with Crippen molar-refractivity contribution in [3.63, 3.8) is 0 Å². The predicted molar refractivity (Wildman–Crippen MR) is 52.4 cm³/mol. The van der Waals surface area contributed by atoms with Crippen LogP contribution in [0.1, 0.15) is 19.4 Å². The smallest absolute Gasteiger partial charge is 0.129 e. The Labute approximate surface area is 87.2 Å². The monoisotopic (exact) mass is 216 g/mol. The summed E-state index contributed by atoms with van der Waals surface area (Å²) in [6, 6.07) is 3.14. The molecule has 0 aliphatic rings. The van der Waals surface area contributed by atoms with Crippen LogP contribution in [0.15, 0.2) is 18.2 Å². The highest BCUT2D eigenvalue weighted by atomic mass is 19.1. The fourth-order valence-corrected chi connectivity index (χ4v) is 1.15. The van der Waals surface area contributed by atoms with Crippen LogP contribution in [-0.4, -0.2) is 21.9 Å². The summed E-state index contributed by atoms with van der Waals surface area (Å²) >= 11 is 0. The van der Waals surface area contributed by atoms with Gasteiger partial charge in [-0.2, -0.15) is 0 Å². The molecule has 15 heavy (non-hydrogen) atoms. The Hall–Kier alpha value is -1.00. The quantitative estimate of drug-likeness (QED) is 0.806. The molecule has 1 rings (SSSR count). The van der Waals surface area contributed by atoms with Crippen molar-refractivity contribution in [1.29, 1.82) is 0 Å². The number of hydrogen-bond donors (Lipinski definition) is 2. The molecule has 0 amide bonds. The highest BCUT2D eigenvalue weighted by Crippen LogP contribution is 2.17. The Kier molecular flexibility index (Phi) is 3.42. The zero-order valence-electron chi connectivity index (χ0n) is 8.67. The number of halogens is 2. The van der Waals surface area contributed by atoms with Crippen LogP contribution in [0, 0.1) is 11.6 Å². The van der Waals surface area contributed by atoms with E-state index in [2.05, 4.69) is 0 Å². The lowest BCUT2D eigenvalue weighted by Crippen LogP contribution is -2.37. The molecule has 0 radical (unpaired) electrons. The molecule has 0 aromatic heterocycles. The van der Waals surface area contributed by atoms with Gasteiger partial charge in [-0.05, 0) is 25.5 Å². The van der Waals surface area contributed by atoms with Gasteiger partial charge >= 0.3 is 0 Å². The maximum atomic E-state index is 13.2. The van der Waals surface area contributed by atoms with E-state index >= 15 is 0 Å². The van der Waals surface area contributed by atoms with Crippen LogP contribution in [0.25, 0.3) is 0 Å². The first-order chi connectivity index (χ1) is 6.80. The summed E-state index contributed by atoms with van der Waals surface area (Å²) in [7, 11) is 0. The van der Waals surface area contributed by atoms with Gasteiger partial charge in [-0.3, -0.25) is 0 Å². The summed E-state index contributed by atoms with van der Waals surface area (Å²) in [5, 5.41) is 19.0. The molecular weight excluding hydrogens is 202 g/mol. The van der Waals surface area contributed by atoms with E-state index in [1.165, 1.54) is 19.9 Å². The highest BCUT2D eigenvalue weighted by molar-refractivity contribution is 5.19. The molecule has 0 aliphatic heterocycles. The fraction of sp³-hybridized carbons (Fsp3) is 0.455. The summed E-state index contributed by atoms with van der Waals surface area (Å²) in [6.45, 7) is 2.86. The minimum atomic E-state index is -1.30. The molecule has 2 nitrogen and oxygen atoms in total. The molecular formula is C11H14F2O2. The third-order valence-corrected chi connectivity index (χ3v) is 2.24. The topological polar surface area (TPSA) is 40.5 Å². The number of aliphatic hydroxyl groups is 2. The van der Waals surface area contributed by atoms with Crippen LogP contribution >= 0.6 is 0 Å². The fourth-order valence-electron chi connectivity index (χ4n) is 1.15. The number of aliphatic hydroxyl groups excluding tert-OH is 1. The van der Waals surface area contributed by atoms with Crippen LogP contribution in [0.2, 0.25) is 0 Å². The lowest BCUT2D eigenvalue weighted by Gasteiger charge is -2.24. The maximum absolute atomic E-state index is 13.2. The summed E-state index contributed by atoms with van der Waals surface area (Å²) in [6.07, 6.45) is -1.13. The number of benzene rings is 1. The lowest BCUT2D eigenvalue weighted by molar-refractivity contribution is -0.0472. The van der Waals surface area contributed by atoms with Gasteiger partial charge < -0.3 is 10.2 Å². The van der Waals surface area contributed by atoms with Crippen molar-refractivity contribution in [2.45, 2.75) is 32.0 Å². The van der Waals surface area contributed by atoms with E-state index < -0.39 is 23.3 Å². The number of hydrogen-bond acceptors (Lipinski definition) is 2. The van der Waals surface area contributed by atoms with Crippen molar-refractivity contribution < 1.29 is 19.0 Å². The Morgan fingerprint density at radius 1 is 1.33 bits per heavy atom. The van der Waals surface area contributed by atoms with Crippen LogP contribution in [0.4, 0.5) is 8.78 Å². The van der Waals surface area contributed by atoms with Crippen molar-refractivity contribution in [2.75, 3.05) is 0 Å². The highest BCUT2D eigenvalue weighted by Gasteiger charge is 2.25. The molecule has 0 spiro atoms. The van der Waals surface area contributed by atoms with Gasteiger partial charge in [0.1, 0.15) is 11.6 Å². The first kappa shape index (κ1) is 12.1. The predicted octanol–water partition coefficient (Wildman–Crippen LogP) is 1.64.